The van der Waals surface area contributed by atoms with Crippen LogP contribution in [0.15, 0.2) is 12.2 Å². The fourth-order valence-corrected chi connectivity index (χ4v) is 1.44. The van der Waals surface area contributed by atoms with Crippen molar-refractivity contribution < 1.29 is 23.8 Å². The van der Waals surface area contributed by atoms with Crippen molar-refractivity contribution in [1.29, 1.82) is 0 Å². The summed E-state index contributed by atoms with van der Waals surface area (Å²) in [6.45, 7) is 6.63. The van der Waals surface area contributed by atoms with Crippen LogP contribution in [0.5, 0.6) is 0 Å². The summed E-state index contributed by atoms with van der Waals surface area (Å²) in [5.74, 6) is -0.505. The third-order valence-corrected chi connectivity index (χ3v) is 2.69. The molecular formula is C14H22O5. The maximum Gasteiger partial charge on any atom is 0.333 e. The smallest absolute Gasteiger partial charge is 0.333 e. The van der Waals surface area contributed by atoms with Gasteiger partial charge in [0.05, 0.1) is 13.2 Å². The van der Waals surface area contributed by atoms with Crippen LogP contribution >= 0.6 is 0 Å². The number of ether oxygens (including phenoxy) is 3. The Bertz CT molecular complexity index is 320. The molecule has 0 aromatic carbocycles. The van der Waals surface area contributed by atoms with Crippen molar-refractivity contribution in [3.8, 4) is 0 Å². The Balaban J connectivity index is 1.83. The van der Waals surface area contributed by atoms with Gasteiger partial charge < -0.3 is 14.2 Å². The van der Waals surface area contributed by atoms with Crippen LogP contribution in [0.4, 0.5) is 0 Å². The quantitative estimate of drug-likeness (QED) is 0.263. The molecule has 1 aliphatic heterocycles. The van der Waals surface area contributed by atoms with Crippen molar-refractivity contribution in [3.63, 3.8) is 0 Å². The number of hydrogen-bond donors (Lipinski definition) is 0. The van der Waals surface area contributed by atoms with Gasteiger partial charge in [-0.2, -0.15) is 0 Å². The van der Waals surface area contributed by atoms with Gasteiger partial charge in [0.15, 0.2) is 0 Å². The summed E-state index contributed by atoms with van der Waals surface area (Å²) in [4.78, 5) is 22.3. The van der Waals surface area contributed by atoms with E-state index in [-0.39, 0.29) is 18.0 Å². The molecule has 0 N–H and O–H groups in total. The molecule has 1 saturated heterocycles. The van der Waals surface area contributed by atoms with E-state index in [4.69, 9.17) is 14.2 Å². The van der Waals surface area contributed by atoms with Crippen LogP contribution < -0.4 is 0 Å². The molecule has 5 nitrogen and oxygen atoms in total. The lowest BCUT2D eigenvalue weighted by atomic mass is 10.1. The maximum atomic E-state index is 11.3. The monoisotopic (exact) mass is 270 g/mol. The molecule has 5 heteroatoms. The third-order valence-electron chi connectivity index (χ3n) is 2.69. The van der Waals surface area contributed by atoms with Gasteiger partial charge in [0.1, 0.15) is 12.7 Å². The molecule has 0 radical (unpaired) electrons. The molecule has 0 aromatic rings. The Morgan fingerprint density at radius 1 is 1.21 bits per heavy atom. The van der Waals surface area contributed by atoms with Gasteiger partial charge in [-0.15, -0.1) is 0 Å². The zero-order chi connectivity index (χ0) is 14.1. The predicted molar refractivity (Wildman–Crippen MR) is 69.6 cm³/mol. The first-order chi connectivity index (χ1) is 9.09. The van der Waals surface area contributed by atoms with Crippen LogP contribution in [0.2, 0.25) is 0 Å². The number of carbonyl (C=O) groups excluding carboxylic acids is 2. The van der Waals surface area contributed by atoms with Gasteiger partial charge in [0.25, 0.3) is 0 Å². The SMILES string of the molecule is C=C(C)C(=O)OCCCCCCC(=O)OCC1CO1. The molecule has 1 atom stereocenters. The predicted octanol–water partition coefficient (Wildman–Crippen LogP) is 2.00. The molecule has 0 spiro atoms. The Labute approximate surface area is 113 Å². The van der Waals surface area contributed by atoms with E-state index in [1.807, 2.05) is 0 Å². The zero-order valence-corrected chi connectivity index (χ0v) is 11.5. The summed E-state index contributed by atoms with van der Waals surface area (Å²) in [6, 6.07) is 0. The van der Waals surface area contributed by atoms with Gasteiger partial charge in [-0.25, -0.2) is 4.79 Å². The van der Waals surface area contributed by atoms with Crippen LogP contribution in [-0.4, -0.2) is 37.9 Å². The summed E-state index contributed by atoms with van der Waals surface area (Å²) in [6.07, 6.45) is 4.05. The van der Waals surface area contributed by atoms with Gasteiger partial charge in [-0.05, 0) is 19.8 Å². The Morgan fingerprint density at radius 3 is 2.53 bits per heavy atom. The summed E-state index contributed by atoms with van der Waals surface area (Å²) in [5.41, 5.74) is 0.419. The molecule has 1 unspecified atom stereocenters. The second kappa shape index (κ2) is 8.69. The van der Waals surface area contributed by atoms with E-state index in [1.54, 1.807) is 6.92 Å². The number of carbonyl (C=O) groups is 2. The Hall–Kier alpha value is -1.36. The summed E-state index contributed by atoms with van der Waals surface area (Å²) < 4.78 is 14.9. The lowest BCUT2D eigenvalue weighted by molar-refractivity contribution is -0.144. The minimum Gasteiger partial charge on any atom is -0.463 e. The molecule has 0 amide bonds. The highest BCUT2D eigenvalue weighted by Gasteiger charge is 2.23. The van der Waals surface area contributed by atoms with Crippen molar-refractivity contribution in [2.45, 2.75) is 45.1 Å². The fraction of sp³-hybridized carbons (Fsp3) is 0.714. The van der Waals surface area contributed by atoms with Crippen LogP contribution in [0.1, 0.15) is 39.0 Å². The highest BCUT2D eigenvalue weighted by Crippen LogP contribution is 2.10. The lowest BCUT2D eigenvalue weighted by Gasteiger charge is -2.04. The Kier molecular flexibility index (Phi) is 7.18. The van der Waals surface area contributed by atoms with Crippen LogP contribution in [0, 0.1) is 0 Å². The number of hydrogen-bond acceptors (Lipinski definition) is 5. The molecule has 0 aromatic heterocycles. The van der Waals surface area contributed by atoms with Crippen molar-refractivity contribution in [2.75, 3.05) is 19.8 Å². The summed E-state index contributed by atoms with van der Waals surface area (Å²) in [7, 11) is 0. The van der Waals surface area contributed by atoms with Crippen LogP contribution in [-0.2, 0) is 23.8 Å². The Morgan fingerprint density at radius 2 is 1.89 bits per heavy atom. The zero-order valence-electron chi connectivity index (χ0n) is 11.5. The largest absolute Gasteiger partial charge is 0.463 e. The van der Waals surface area contributed by atoms with E-state index >= 15 is 0 Å². The first kappa shape index (κ1) is 15.7. The minimum atomic E-state index is -0.342. The minimum absolute atomic E-state index is 0.131. The molecule has 1 heterocycles. The van der Waals surface area contributed by atoms with E-state index in [2.05, 4.69) is 6.58 Å². The van der Waals surface area contributed by atoms with E-state index in [9.17, 15) is 9.59 Å². The topological polar surface area (TPSA) is 65.1 Å². The average Bonchev–Trinajstić information content (AvgIpc) is 3.18. The van der Waals surface area contributed by atoms with Crippen molar-refractivity contribution in [3.05, 3.63) is 12.2 Å². The van der Waals surface area contributed by atoms with E-state index in [0.29, 0.717) is 31.8 Å². The number of rotatable bonds is 10. The van der Waals surface area contributed by atoms with Gasteiger partial charge in [0.2, 0.25) is 0 Å². The highest BCUT2D eigenvalue weighted by molar-refractivity contribution is 5.86. The third kappa shape index (κ3) is 8.37. The summed E-state index contributed by atoms with van der Waals surface area (Å²) >= 11 is 0. The molecule has 1 rings (SSSR count). The van der Waals surface area contributed by atoms with Crippen LogP contribution in [0.3, 0.4) is 0 Å². The number of epoxide rings is 1. The van der Waals surface area contributed by atoms with Crippen molar-refractivity contribution >= 4 is 11.9 Å². The normalized spacial score (nSPS) is 16.8. The number of esters is 2. The van der Waals surface area contributed by atoms with E-state index < -0.39 is 0 Å². The molecule has 0 saturated carbocycles. The van der Waals surface area contributed by atoms with Crippen molar-refractivity contribution in [2.24, 2.45) is 0 Å². The molecular weight excluding hydrogens is 248 g/mol. The van der Waals surface area contributed by atoms with Crippen molar-refractivity contribution in [1.82, 2.24) is 0 Å². The maximum absolute atomic E-state index is 11.3. The summed E-state index contributed by atoms with van der Waals surface area (Å²) in [5, 5.41) is 0. The van der Waals surface area contributed by atoms with Gasteiger partial charge in [-0.1, -0.05) is 19.4 Å². The lowest BCUT2D eigenvalue weighted by Crippen LogP contribution is -2.09. The molecule has 1 aliphatic rings. The molecule has 1 fully saturated rings. The first-order valence-corrected chi connectivity index (χ1v) is 6.69. The van der Waals surface area contributed by atoms with Gasteiger partial charge in [-0.3, -0.25) is 4.79 Å². The second-order valence-electron chi connectivity index (χ2n) is 4.72. The van der Waals surface area contributed by atoms with Gasteiger partial charge >= 0.3 is 11.9 Å². The van der Waals surface area contributed by atoms with Crippen LogP contribution in [0.25, 0.3) is 0 Å². The van der Waals surface area contributed by atoms with Gasteiger partial charge in [0, 0.05) is 12.0 Å². The highest BCUT2D eigenvalue weighted by atomic mass is 16.6. The molecule has 0 bridgehead atoms. The van der Waals surface area contributed by atoms with E-state index in [1.165, 1.54) is 0 Å². The molecule has 108 valence electrons. The average molecular weight is 270 g/mol. The van der Waals surface area contributed by atoms with E-state index in [0.717, 1.165) is 25.7 Å². The molecule has 19 heavy (non-hydrogen) atoms. The standard InChI is InChI=1S/C14H22O5/c1-11(2)14(16)17-8-6-4-3-5-7-13(15)19-10-12-9-18-12/h12H,1,3-10H2,2H3. The molecule has 0 aliphatic carbocycles. The number of unbranched alkanes of at least 4 members (excludes halogenated alkanes) is 3. The fourth-order valence-electron chi connectivity index (χ4n) is 1.44. The first-order valence-electron chi connectivity index (χ1n) is 6.69. The second-order valence-corrected chi connectivity index (χ2v) is 4.72.